The van der Waals surface area contributed by atoms with E-state index in [0.717, 1.165) is 25.9 Å². The van der Waals surface area contributed by atoms with Crippen molar-refractivity contribution in [1.29, 1.82) is 0 Å². The molecule has 1 saturated heterocycles. The first-order chi connectivity index (χ1) is 6.78. The molecule has 1 saturated carbocycles. The highest BCUT2D eigenvalue weighted by molar-refractivity contribution is 5.73. The molecule has 14 heavy (non-hydrogen) atoms. The van der Waals surface area contributed by atoms with Gasteiger partial charge in [-0.2, -0.15) is 0 Å². The summed E-state index contributed by atoms with van der Waals surface area (Å²) in [5.74, 6) is 0.157. The molecule has 80 valence electrons. The monoisotopic (exact) mass is 197 g/mol. The highest BCUT2D eigenvalue weighted by Crippen LogP contribution is 2.45. The highest BCUT2D eigenvalue weighted by Gasteiger charge is 2.46. The average Bonchev–Trinajstić information content (AvgIpc) is 2.67. The molecule has 0 amide bonds. The second-order valence-corrected chi connectivity index (χ2v) is 4.61. The Balaban J connectivity index is 2.14. The number of carbonyl (C=O) groups is 1. The van der Waals surface area contributed by atoms with Gasteiger partial charge in [0.2, 0.25) is 0 Å². The van der Waals surface area contributed by atoms with Gasteiger partial charge in [-0.25, -0.2) is 0 Å². The largest absolute Gasteiger partial charge is 0.469 e. The molecule has 1 N–H and O–H groups in total. The van der Waals surface area contributed by atoms with Crippen LogP contribution in [-0.4, -0.2) is 26.2 Å². The minimum atomic E-state index is 0.00778. The Hall–Kier alpha value is -0.570. The molecule has 1 heterocycles. The number of ether oxygens (including phenoxy) is 1. The number of carbonyl (C=O) groups excluding carboxylic acids is 1. The molecule has 1 spiro atoms. The lowest BCUT2D eigenvalue weighted by molar-refractivity contribution is -0.152. The second kappa shape index (κ2) is 3.89. The first-order valence-electron chi connectivity index (χ1n) is 5.57. The molecule has 2 fully saturated rings. The van der Waals surface area contributed by atoms with Crippen molar-refractivity contribution in [3.05, 3.63) is 0 Å². The summed E-state index contributed by atoms with van der Waals surface area (Å²) in [5, 5.41) is 3.38. The van der Waals surface area contributed by atoms with Crippen LogP contribution in [0.15, 0.2) is 0 Å². The summed E-state index contributed by atoms with van der Waals surface area (Å²) in [6.07, 6.45) is 5.82. The Bertz CT molecular complexity index is 221. The average molecular weight is 197 g/mol. The minimum Gasteiger partial charge on any atom is -0.469 e. The zero-order valence-corrected chi connectivity index (χ0v) is 8.84. The minimum absolute atomic E-state index is 0.00778. The number of nitrogens with one attached hydrogen (secondary N) is 1. The van der Waals surface area contributed by atoms with Crippen LogP contribution in [0.4, 0.5) is 0 Å². The Kier molecular flexibility index (Phi) is 2.77. The van der Waals surface area contributed by atoms with E-state index in [-0.39, 0.29) is 17.3 Å². The topological polar surface area (TPSA) is 38.3 Å². The zero-order valence-electron chi connectivity index (χ0n) is 8.84. The Morgan fingerprint density at radius 2 is 2.29 bits per heavy atom. The van der Waals surface area contributed by atoms with Gasteiger partial charge in [0.05, 0.1) is 13.0 Å². The third-order valence-electron chi connectivity index (χ3n) is 3.92. The molecule has 1 aliphatic carbocycles. The van der Waals surface area contributed by atoms with Crippen LogP contribution in [0.3, 0.4) is 0 Å². The smallest absolute Gasteiger partial charge is 0.309 e. The van der Waals surface area contributed by atoms with Gasteiger partial charge >= 0.3 is 5.97 Å². The fourth-order valence-electron chi connectivity index (χ4n) is 3.09. The quantitative estimate of drug-likeness (QED) is 0.644. The van der Waals surface area contributed by atoms with Crippen LogP contribution in [0.2, 0.25) is 0 Å². The molecule has 2 aliphatic rings. The maximum atomic E-state index is 11.7. The van der Waals surface area contributed by atoms with Crippen molar-refractivity contribution in [1.82, 2.24) is 5.32 Å². The maximum Gasteiger partial charge on any atom is 0.309 e. The van der Waals surface area contributed by atoms with Gasteiger partial charge in [-0.3, -0.25) is 4.79 Å². The first-order valence-corrected chi connectivity index (χ1v) is 5.57. The van der Waals surface area contributed by atoms with Crippen LogP contribution in [0.25, 0.3) is 0 Å². The molecule has 2 rings (SSSR count). The van der Waals surface area contributed by atoms with Crippen molar-refractivity contribution in [2.75, 3.05) is 20.2 Å². The van der Waals surface area contributed by atoms with Crippen molar-refractivity contribution in [3.8, 4) is 0 Å². The summed E-state index contributed by atoms with van der Waals surface area (Å²) in [6, 6.07) is 0. The Morgan fingerprint density at radius 3 is 2.93 bits per heavy atom. The van der Waals surface area contributed by atoms with Gasteiger partial charge in [0, 0.05) is 6.54 Å². The van der Waals surface area contributed by atoms with Gasteiger partial charge < -0.3 is 10.1 Å². The van der Waals surface area contributed by atoms with Crippen molar-refractivity contribution >= 4 is 5.97 Å². The fourth-order valence-corrected chi connectivity index (χ4v) is 3.09. The Labute approximate surface area is 85.2 Å². The van der Waals surface area contributed by atoms with E-state index < -0.39 is 0 Å². The van der Waals surface area contributed by atoms with Crippen molar-refractivity contribution < 1.29 is 9.53 Å². The fraction of sp³-hybridized carbons (Fsp3) is 0.909. The van der Waals surface area contributed by atoms with Gasteiger partial charge in [0.1, 0.15) is 0 Å². The third-order valence-corrected chi connectivity index (χ3v) is 3.92. The van der Waals surface area contributed by atoms with Gasteiger partial charge in [0.25, 0.3) is 0 Å². The summed E-state index contributed by atoms with van der Waals surface area (Å²) in [6.45, 7) is 2.07. The van der Waals surface area contributed by atoms with Gasteiger partial charge in [0.15, 0.2) is 0 Å². The number of hydrogen-bond acceptors (Lipinski definition) is 3. The molecular formula is C11H19NO2. The maximum absolute atomic E-state index is 11.7. The van der Waals surface area contributed by atoms with Gasteiger partial charge in [-0.15, -0.1) is 0 Å². The lowest BCUT2D eigenvalue weighted by Crippen LogP contribution is -2.40. The van der Waals surface area contributed by atoms with Gasteiger partial charge in [-0.1, -0.05) is 12.8 Å². The summed E-state index contributed by atoms with van der Waals surface area (Å²) < 4.78 is 4.91. The van der Waals surface area contributed by atoms with Crippen LogP contribution in [0.5, 0.6) is 0 Å². The van der Waals surface area contributed by atoms with Crippen molar-refractivity contribution in [2.24, 2.45) is 11.3 Å². The van der Waals surface area contributed by atoms with E-state index in [1.807, 2.05) is 0 Å². The zero-order chi connectivity index (χ0) is 10.0. The number of hydrogen-bond donors (Lipinski definition) is 1. The normalized spacial score (nSPS) is 37.4. The lowest BCUT2D eigenvalue weighted by atomic mass is 9.65. The van der Waals surface area contributed by atoms with Crippen LogP contribution in [0.1, 0.15) is 32.1 Å². The van der Waals surface area contributed by atoms with E-state index in [2.05, 4.69) is 5.32 Å². The number of methoxy groups -OCH3 is 1. The third kappa shape index (κ3) is 1.54. The van der Waals surface area contributed by atoms with E-state index in [1.165, 1.54) is 26.4 Å². The standard InChI is InChI=1S/C11H19NO2/c1-14-10(13)9-4-2-3-5-11(9)6-7-12-8-11/h9,12H,2-8H2,1H3. The van der Waals surface area contributed by atoms with Crippen LogP contribution >= 0.6 is 0 Å². The highest BCUT2D eigenvalue weighted by atomic mass is 16.5. The SMILES string of the molecule is COC(=O)C1CCCCC12CCNC2. The van der Waals surface area contributed by atoms with E-state index in [0.29, 0.717) is 0 Å². The van der Waals surface area contributed by atoms with Crippen LogP contribution in [0, 0.1) is 11.3 Å². The lowest BCUT2D eigenvalue weighted by Gasteiger charge is -2.39. The van der Waals surface area contributed by atoms with Crippen molar-refractivity contribution in [3.63, 3.8) is 0 Å². The molecular weight excluding hydrogens is 178 g/mol. The van der Waals surface area contributed by atoms with Crippen LogP contribution < -0.4 is 5.32 Å². The molecule has 3 heteroatoms. The summed E-state index contributed by atoms with van der Waals surface area (Å²) in [5.41, 5.74) is 0.228. The number of rotatable bonds is 1. The molecule has 0 aromatic rings. The predicted octanol–water partition coefficient (Wildman–Crippen LogP) is 1.33. The van der Waals surface area contributed by atoms with E-state index in [9.17, 15) is 4.79 Å². The first kappa shape index (κ1) is 9.97. The summed E-state index contributed by atoms with van der Waals surface area (Å²) >= 11 is 0. The van der Waals surface area contributed by atoms with E-state index >= 15 is 0 Å². The van der Waals surface area contributed by atoms with E-state index in [4.69, 9.17) is 4.74 Å². The molecule has 2 unspecified atom stereocenters. The predicted molar refractivity (Wildman–Crippen MR) is 53.9 cm³/mol. The second-order valence-electron chi connectivity index (χ2n) is 4.61. The summed E-state index contributed by atoms with van der Waals surface area (Å²) in [7, 11) is 1.51. The molecule has 0 aromatic heterocycles. The molecule has 0 aromatic carbocycles. The molecule has 0 radical (unpaired) electrons. The molecule has 2 atom stereocenters. The van der Waals surface area contributed by atoms with Crippen molar-refractivity contribution in [2.45, 2.75) is 32.1 Å². The Morgan fingerprint density at radius 1 is 1.43 bits per heavy atom. The molecule has 3 nitrogen and oxygen atoms in total. The summed E-state index contributed by atoms with van der Waals surface area (Å²) in [4.78, 5) is 11.7. The molecule has 0 bridgehead atoms. The molecule has 1 aliphatic heterocycles. The number of esters is 1. The van der Waals surface area contributed by atoms with Gasteiger partial charge in [-0.05, 0) is 31.2 Å². The van der Waals surface area contributed by atoms with E-state index in [1.54, 1.807) is 0 Å². The van der Waals surface area contributed by atoms with Crippen LogP contribution in [-0.2, 0) is 9.53 Å².